The summed E-state index contributed by atoms with van der Waals surface area (Å²) in [6.07, 6.45) is -1.84. The molecular formula is C36H36F4N4O5. The van der Waals surface area contributed by atoms with Crippen molar-refractivity contribution >= 4 is 17.7 Å². The van der Waals surface area contributed by atoms with Gasteiger partial charge in [-0.15, -0.1) is 0 Å². The molecule has 13 heteroatoms. The lowest BCUT2D eigenvalue weighted by Crippen LogP contribution is -2.53. The van der Waals surface area contributed by atoms with Crippen molar-refractivity contribution in [3.05, 3.63) is 131 Å². The number of rotatable bonds is 12. The molecule has 0 aromatic heterocycles. The highest BCUT2D eigenvalue weighted by atomic mass is 19.1. The fourth-order valence-electron chi connectivity index (χ4n) is 5.36. The van der Waals surface area contributed by atoms with E-state index in [2.05, 4.69) is 16.0 Å². The van der Waals surface area contributed by atoms with Gasteiger partial charge >= 0.3 is 6.09 Å². The fraction of sp³-hybridized carbons (Fsp3) is 0.278. The number of alkyl carbamates (subject to hydrolysis) is 1. The van der Waals surface area contributed by atoms with Crippen LogP contribution in [-0.4, -0.2) is 56.1 Å². The summed E-state index contributed by atoms with van der Waals surface area (Å²) in [6.45, 7) is 2.36. The van der Waals surface area contributed by atoms with Crippen molar-refractivity contribution < 1.29 is 41.4 Å². The van der Waals surface area contributed by atoms with Crippen LogP contribution < -0.4 is 26.4 Å². The van der Waals surface area contributed by atoms with Crippen LogP contribution in [0.4, 0.5) is 28.0 Å². The lowest BCUT2D eigenvalue weighted by atomic mass is 9.85. The lowest BCUT2D eigenvalue weighted by Gasteiger charge is -2.33. The molecular weight excluding hydrogens is 644 g/mol. The van der Waals surface area contributed by atoms with Crippen molar-refractivity contribution in [1.82, 2.24) is 10.6 Å². The number of halogens is 4. The highest BCUT2D eigenvalue weighted by molar-refractivity contribution is 5.97. The molecule has 2 amide bonds. The molecule has 1 aliphatic heterocycles. The molecule has 0 unspecified atom stereocenters. The molecule has 5 rings (SSSR count). The van der Waals surface area contributed by atoms with Gasteiger partial charge in [-0.3, -0.25) is 4.79 Å². The summed E-state index contributed by atoms with van der Waals surface area (Å²) in [5.41, 5.74) is 8.25. The number of nitrogens with one attached hydrogen (secondary N) is 3. The monoisotopic (exact) mass is 680 g/mol. The van der Waals surface area contributed by atoms with E-state index in [1.165, 1.54) is 78.9 Å². The van der Waals surface area contributed by atoms with Crippen molar-refractivity contribution in [2.24, 2.45) is 5.73 Å². The van der Waals surface area contributed by atoms with Gasteiger partial charge in [0.15, 0.2) is 11.6 Å². The fourth-order valence-corrected chi connectivity index (χ4v) is 5.36. The Hall–Kier alpha value is -4.98. The van der Waals surface area contributed by atoms with Gasteiger partial charge in [-0.25, -0.2) is 22.4 Å². The van der Waals surface area contributed by atoms with Crippen molar-refractivity contribution in [3.8, 4) is 5.75 Å². The van der Waals surface area contributed by atoms with E-state index in [9.17, 15) is 22.8 Å². The molecule has 0 bridgehead atoms. The zero-order valence-corrected chi connectivity index (χ0v) is 26.5. The predicted molar refractivity (Wildman–Crippen MR) is 174 cm³/mol. The van der Waals surface area contributed by atoms with Crippen LogP contribution in [0.1, 0.15) is 29.5 Å². The number of hydrogen-bond acceptors (Lipinski definition) is 7. The summed E-state index contributed by atoms with van der Waals surface area (Å²) in [5, 5.41) is 8.47. The zero-order chi connectivity index (χ0) is 34.9. The number of nitrogens with two attached hydrogens (primary N) is 1. The molecule has 1 fully saturated rings. The van der Waals surface area contributed by atoms with E-state index in [0.29, 0.717) is 23.2 Å². The number of para-hydroxylation sites is 1. The molecule has 0 radical (unpaired) electrons. The molecule has 258 valence electrons. The van der Waals surface area contributed by atoms with Gasteiger partial charge in [0.2, 0.25) is 5.91 Å². The SMILES string of the molecule is C[C@H](Oc1c(F)cccc1NC(=O)[C@@H](N)C(c1ccc(F)cc1)c1ccc(F)cc1)[C@@H]1CN[C@H](COC(=O)NCc2ccc(F)cc2)CO1. The highest BCUT2D eigenvalue weighted by Gasteiger charge is 2.31. The minimum Gasteiger partial charge on any atom is -0.483 e. The first-order valence-electron chi connectivity index (χ1n) is 15.6. The van der Waals surface area contributed by atoms with Crippen LogP contribution in [0.25, 0.3) is 0 Å². The number of ether oxygens (including phenoxy) is 3. The van der Waals surface area contributed by atoms with Crippen LogP contribution in [0.15, 0.2) is 91.0 Å². The van der Waals surface area contributed by atoms with Crippen molar-refractivity contribution in [3.63, 3.8) is 0 Å². The summed E-state index contributed by atoms with van der Waals surface area (Å²) in [5.74, 6) is -3.72. The molecule has 4 atom stereocenters. The molecule has 9 nitrogen and oxygen atoms in total. The number of morpholine rings is 1. The normalized spacial score (nSPS) is 17.2. The maximum absolute atomic E-state index is 15.1. The molecule has 0 spiro atoms. The Bertz CT molecular complexity index is 1660. The Morgan fingerprint density at radius 3 is 2.06 bits per heavy atom. The third kappa shape index (κ3) is 9.56. The van der Waals surface area contributed by atoms with Crippen molar-refractivity contribution in [2.45, 2.75) is 43.7 Å². The van der Waals surface area contributed by atoms with Crippen LogP contribution >= 0.6 is 0 Å². The molecule has 4 aromatic rings. The second-order valence-electron chi connectivity index (χ2n) is 11.6. The quantitative estimate of drug-likeness (QED) is 0.148. The first-order valence-corrected chi connectivity index (χ1v) is 15.6. The van der Waals surface area contributed by atoms with Crippen LogP contribution in [-0.2, 0) is 20.8 Å². The Morgan fingerprint density at radius 1 is 0.898 bits per heavy atom. The maximum atomic E-state index is 15.1. The summed E-state index contributed by atoms with van der Waals surface area (Å²) in [4.78, 5) is 25.6. The Kier molecular flexibility index (Phi) is 11.8. The van der Waals surface area contributed by atoms with E-state index in [4.69, 9.17) is 19.9 Å². The van der Waals surface area contributed by atoms with E-state index in [1.54, 1.807) is 19.1 Å². The van der Waals surface area contributed by atoms with E-state index in [-0.39, 0.29) is 43.1 Å². The smallest absolute Gasteiger partial charge is 0.407 e. The van der Waals surface area contributed by atoms with Gasteiger partial charge < -0.3 is 35.9 Å². The molecule has 1 aliphatic rings. The van der Waals surface area contributed by atoms with Crippen LogP contribution in [0.2, 0.25) is 0 Å². The minimum absolute atomic E-state index is 0.0256. The number of anilines is 1. The first kappa shape index (κ1) is 35.3. The average Bonchev–Trinajstić information content (AvgIpc) is 3.10. The summed E-state index contributed by atoms with van der Waals surface area (Å²) in [7, 11) is 0. The highest BCUT2D eigenvalue weighted by Crippen LogP contribution is 2.32. The topological polar surface area (TPSA) is 124 Å². The molecule has 1 heterocycles. The largest absolute Gasteiger partial charge is 0.483 e. The zero-order valence-electron chi connectivity index (χ0n) is 26.5. The van der Waals surface area contributed by atoms with Crippen LogP contribution in [0.5, 0.6) is 5.75 Å². The van der Waals surface area contributed by atoms with Gasteiger partial charge in [0.05, 0.1) is 24.4 Å². The number of amides is 2. The van der Waals surface area contributed by atoms with E-state index < -0.39 is 53.6 Å². The number of benzene rings is 4. The van der Waals surface area contributed by atoms with E-state index >= 15 is 4.39 Å². The third-order valence-corrected chi connectivity index (χ3v) is 8.06. The maximum Gasteiger partial charge on any atom is 0.407 e. The van der Waals surface area contributed by atoms with Gasteiger partial charge in [0, 0.05) is 19.0 Å². The molecule has 0 aliphatic carbocycles. The second kappa shape index (κ2) is 16.4. The average molecular weight is 681 g/mol. The van der Waals surface area contributed by atoms with Gasteiger partial charge in [0.25, 0.3) is 0 Å². The Morgan fingerprint density at radius 2 is 1.49 bits per heavy atom. The Labute approximate surface area is 280 Å². The van der Waals surface area contributed by atoms with E-state index in [0.717, 1.165) is 0 Å². The van der Waals surface area contributed by atoms with E-state index in [1.807, 2.05) is 0 Å². The van der Waals surface area contributed by atoms with Crippen molar-refractivity contribution in [1.29, 1.82) is 0 Å². The van der Waals surface area contributed by atoms with Crippen LogP contribution in [0, 0.1) is 23.3 Å². The molecule has 0 saturated carbocycles. The molecule has 1 saturated heterocycles. The Balaban J connectivity index is 1.16. The van der Waals surface area contributed by atoms with Gasteiger partial charge in [0.1, 0.15) is 36.3 Å². The summed E-state index contributed by atoms with van der Waals surface area (Å²) >= 11 is 0. The summed E-state index contributed by atoms with van der Waals surface area (Å²) in [6, 6.07) is 19.2. The standard InChI is InChI=1S/C36H36F4N4O5/c1-21(31-18-42-28(19-47-31)20-48-36(46)43-17-22-5-11-25(37)12-6-22)49-34-29(40)3-2-4-30(34)44-35(45)33(41)32(23-7-13-26(38)14-8-23)24-9-15-27(39)16-10-24/h2-16,21,28,31-33,42H,17-20,41H2,1H3,(H,43,46)(H,44,45)/t21-,28-,31-,33-/m0/s1. The lowest BCUT2D eigenvalue weighted by molar-refractivity contribution is -0.117. The molecule has 49 heavy (non-hydrogen) atoms. The van der Waals surface area contributed by atoms with Crippen molar-refractivity contribution in [2.75, 3.05) is 25.1 Å². The van der Waals surface area contributed by atoms with Gasteiger partial charge in [-0.05, 0) is 72.1 Å². The second-order valence-corrected chi connectivity index (χ2v) is 11.6. The molecule has 4 aromatic carbocycles. The summed E-state index contributed by atoms with van der Waals surface area (Å²) < 4.78 is 72.7. The first-order chi connectivity index (χ1) is 23.6. The van der Waals surface area contributed by atoms with Gasteiger partial charge in [-0.1, -0.05) is 42.5 Å². The number of carbonyl (C=O) groups excluding carboxylic acids is 2. The number of hydrogen-bond donors (Lipinski definition) is 4. The number of carbonyl (C=O) groups is 2. The van der Waals surface area contributed by atoms with Crippen LogP contribution in [0.3, 0.4) is 0 Å². The predicted octanol–water partition coefficient (Wildman–Crippen LogP) is 5.39. The molecule has 5 N–H and O–H groups in total. The minimum atomic E-state index is -1.24. The third-order valence-electron chi connectivity index (χ3n) is 8.06. The van der Waals surface area contributed by atoms with Gasteiger partial charge in [-0.2, -0.15) is 0 Å².